The van der Waals surface area contributed by atoms with Gasteiger partial charge in [0.25, 0.3) is 0 Å². The van der Waals surface area contributed by atoms with Gasteiger partial charge < -0.3 is 15.5 Å². The molecule has 6 nitrogen and oxygen atoms in total. The van der Waals surface area contributed by atoms with Gasteiger partial charge in [-0.2, -0.15) is 0 Å². The average Bonchev–Trinajstić information content (AvgIpc) is 3.49. The number of aromatic nitrogens is 1. The normalized spacial score (nSPS) is 13.3. The molecule has 0 aliphatic heterocycles. The Morgan fingerprint density at radius 1 is 0.914 bits per heavy atom. The molecule has 3 N–H and O–H groups in total. The molecule has 0 unspecified atom stereocenters. The van der Waals surface area contributed by atoms with Crippen molar-refractivity contribution in [2.75, 3.05) is 5.32 Å². The van der Waals surface area contributed by atoms with Crippen LogP contribution in [0.4, 0.5) is 24.4 Å². The van der Waals surface area contributed by atoms with Crippen LogP contribution < -0.4 is 5.32 Å². The highest BCUT2D eigenvalue weighted by Crippen LogP contribution is 2.32. The molecule has 4 aromatic rings. The quantitative estimate of drug-likeness (QED) is 0.246. The fraction of sp³-hybridized carbons (Fsp3) is 0.192. The number of fused-ring (bicyclic) bond motifs is 1. The molecule has 5 rings (SSSR count). The number of nitrogens with one attached hydrogen (secondary N) is 1. The number of nitrogens with zero attached hydrogens (tertiary/aromatic N) is 1. The van der Waals surface area contributed by atoms with E-state index in [1.807, 2.05) is 30.3 Å². The van der Waals surface area contributed by atoms with Crippen LogP contribution in [0.1, 0.15) is 36.0 Å². The molecule has 0 saturated heterocycles. The van der Waals surface area contributed by atoms with E-state index in [1.165, 1.54) is 29.5 Å². The van der Waals surface area contributed by atoms with Crippen molar-refractivity contribution in [3.63, 3.8) is 0 Å². The van der Waals surface area contributed by atoms with Gasteiger partial charge in [-0.05, 0) is 48.2 Å². The smallest absolute Gasteiger partial charge is 0.450 e. The van der Waals surface area contributed by atoms with Gasteiger partial charge in [-0.1, -0.05) is 54.5 Å². The van der Waals surface area contributed by atoms with Gasteiger partial charge in [0.05, 0.1) is 15.9 Å². The van der Waals surface area contributed by atoms with E-state index < -0.39 is 12.0 Å². The van der Waals surface area contributed by atoms with E-state index in [4.69, 9.17) is 15.0 Å². The number of carbonyl (C=O) groups excluding carboxylic acids is 1. The number of hydrogen-bond acceptors (Lipinski definition) is 5. The lowest BCUT2D eigenvalue weighted by Crippen LogP contribution is -2.10. The van der Waals surface area contributed by atoms with Gasteiger partial charge in [0.1, 0.15) is 11.6 Å². The fourth-order valence-electron chi connectivity index (χ4n) is 4.12. The maximum atomic E-state index is 14.8. The molecule has 0 radical (unpaired) electrons. The van der Waals surface area contributed by atoms with E-state index in [-0.39, 0.29) is 17.5 Å². The molecule has 3 aromatic carbocycles. The summed E-state index contributed by atoms with van der Waals surface area (Å²) in [4.78, 5) is 25.4. The Kier molecular flexibility index (Phi) is 7.36. The lowest BCUT2D eigenvalue weighted by Gasteiger charge is -2.10. The van der Waals surface area contributed by atoms with E-state index in [0.717, 1.165) is 47.1 Å². The standard InChI is InChI=1S/C25H20F2N2OS.CH2O3/c26-19-10-12-23-22(14-19)29-25(31-23)28-21-11-9-18(13-20(21)27)15-5-7-17(8-6-15)24(30)16-3-1-2-4-16;2-1(3)4/h5-14,16H,1-4H2,(H,28,29);(H2,2,3,4). The van der Waals surface area contributed by atoms with E-state index >= 15 is 0 Å². The first-order chi connectivity index (χ1) is 16.8. The Morgan fingerprint density at radius 2 is 1.57 bits per heavy atom. The van der Waals surface area contributed by atoms with Crippen LogP contribution in [-0.2, 0) is 0 Å². The summed E-state index contributed by atoms with van der Waals surface area (Å²) in [5, 5.41) is 17.4. The number of halogens is 2. The lowest BCUT2D eigenvalue weighted by molar-refractivity contribution is 0.0922. The van der Waals surface area contributed by atoms with Crippen molar-refractivity contribution in [1.82, 2.24) is 4.98 Å². The first kappa shape index (κ1) is 24.3. The second-order valence-corrected chi connectivity index (χ2v) is 9.19. The zero-order valence-corrected chi connectivity index (χ0v) is 19.3. The van der Waals surface area contributed by atoms with Gasteiger partial charge in [0, 0.05) is 17.5 Å². The summed E-state index contributed by atoms with van der Waals surface area (Å²) in [5.41, 5.74) is 3.15. The molecule has 0 amide bonds. The number of carbonyl (C=O) groups is 2. The zero-order valence-electron chi connectivity index (χ0n) is 18.5. The van der Waals surface area contributed by atoms with Crippen LogP contribution in [0.25, 0.3) is 21.3 Å². The Morgan fingerprint density at radius 3 is 2.23 bits per heavy atom. The lowest BCUT2D eigenvalue weighted by atomic mass is 9.94. The van der Waals surface area contributed by atoms with Crippen molar-refractivity contribution in [3.05, 3.63) is 77.9 Å². The number of hydrogen-bond donors (Lipinski definition) is 3. The minimum absolute atomic E-state index is 0.146. The number of carboxylic acid groups (broad SMARTS) is 2. The molecule has 1 aromatic heterocycles. The van der Waals surface area contributed by atoms with E-state index in [2.05, 4.69) is 10.3 Å². The largest absolute Gasteiger partial charge is 0.503 e. The van der Waals surface area contributed by atoms with Crippen molar-refractivity contribution in [2.45, 2.75) is 25.7 Å². The van der Waals surface area contributed by atoms with Gasteiger partial charge in [0.2, 0.25) is 0 Å². The Balaban J connectivity index is 0.000000672. The molecule has 180 valence electrons. The Labute approximate surface area is 203 Å². The van der Waals surface area contributed by atoms with E-state index in [1.54, 1.807) is 12.1 Å². The van der Waals surface area contributed by atoms with Gasteiger partial charge in [0.15, 0.2) is 10.9 Å². The fourth-order valence-corrected chi connectivity index (χ4v) is 4.97. The van der Waals surface area contributed by atoms with Crippen molar-refractivity contribution in [1.29, 1.82) is 0 Å². The molecule has 0 spiro atoms. The molecule has 9 heteroatoms. The maximum Gasteiger partial charge on any atom is 0.503 e. The molecule has 35 heavy (non-hydrogen) atoms. The first-order valence-corrected chi connectivity index (χ1v) is 11.8. The number of anilines is 2. The zero-order chi connectivity index (χ0) is 24.9. The van der Waals surface area contributed by atoms with Crippen LogP contribution in [0.5, 0.6) is 0 Å². The van der Waals surface area contributed by atoms with Gasteiger partial charge >= 0.3 is 6.16 Å². The minimum atomic E-state index is -1.83. The predicted molar refractivity (Wildman–Crippen MR) is 132 cm³/mol. The predicted octanol–water partition coefficient (Wildman–Crippen LogP) is 7.58. The van der Waals surface area contributed by atoms with Crippen LogP contribution in [0, 0.1) is 17.6 Å². The molecular formula is C26H22F2N2O4S. The monoisotopic (exact) mass is 496 g/mol. The molecular weight excluding hydrogens is 474 g/mol. The van der Waals surface area contributed by atoms with Gasteiger partial charge in [-0.3, -0.25) is 4.79 Å². The summed E-state index contributed by atoms with van der Waals surface area (Å²) >= 11 is 1.34. The van der Waals surface area contributed by atoms with E-state index in [9.17, 15) is 13.6 Å². The SMILES string of the molecule is O=C(O)O.O=C(c1ccc(-c2ccc(Nc3nc4cc(F)ccc4s3)c(F)c2)cc1)C1CCCC1. The highest BCUT2D eigenvalue weighted by atomic mass is 32.1. The molecule has 1 aliphatic rings. The number of rotatable bonds is 5. The van der Waals surface area contributed by atoms with Crippen molar-refractivity contribution >= 4 is 44.3 Å². The molecule has 1 aliphatic carbocycles. The van der Waals surface area contributed by atoms with E-state index in [0.29, 0.717) is 16.3 Å². The molecule has 0 atom stereocenters. The van der Waals surface area contributed by atoms with Crippen molar-refractivity contribution in [2.24, 2.45) is 5.92 Å². The number of Topliss-reactive ketones (excluding diaryl/α,β-unsaturated/α-hetero) is 1. The van der Waals surface area contributed by atoms with Gasteiger partial charge in [-0.25, -0.2) is 18.6 Å². The molecule has 1 heterocycles. The first-order valence-electron chi connectivity index (χ1n) is 11.0. The van der Waals surface area contributed by atoms with Crippen molar-refractivity contribution < 1.29 is 28.6 Å². The highest BCUT2D eigenvalue weighted by Gasteiger charge is 2.23. The third-order valence-corrected chi connectivity index (χ3v) is 6.74. The highest BCUT2D eigenvalue weighted by molar-refractivity contribution is 7.22. The Bertz CT molecular complexity index is 1360. The van der Waals surface area contributed by atoms with Gasteiger partial charge in [-0.15, -0.1) is 0 Å². The third-order valence-electron chi connectivity index (χ3n) is 5.79. The topological polar surface area (TPSA) is 99.5 Å². The summed E-state index contributed by atoms with van der Waals surface area (Å²) in [6.45, 7) is 0. The third kappa shape index (κ3) is 5.99. The average molecular weight is 497 g/mol. The summed E-state index contributed by atoms with van der Waals surface area (Å²) in [6.07, 6.45) is 2.37. The second kappa shape index (κ2) is 10.6. The van der Waals surface area contributed by atoms with Crippen LogP contribution >= 0.6 is 11.3 Å². The van der Waals surface area contributed by atoms with Crippen LogP contribution in [-0.4, -0.2) is 27.1 Å². The Hall–Kier alpha value is -3.85. The second-order valence-electron chi connectivity index (χ2n) is 8.16. The van der Waals surface area contributed by atoms with Crippen LogP contribution in [0.15, 0.2) is 60.7 Å². The number of thiazole rings is 1. The van der Waals surface area contributed by atoms with Crippen LogP contribution in [0.3, 0.4) is 0 Å². The number of ketones is 1. The molecule has 1 saturated carbocycles. The van der Waals surface area contributed by atoms with Crippen molar-refractivity contribution in [3.8, 4) is 11.1 Å². The molecule has 0 bridgehead atoms. The minimum Gasteiger partial charge on any atom is -0.450 e. The van der Waals surface area contributed by atoms with Crippen LogP contribution in [0.2, 0.25) is 0 Å². The molecule has 1 fully saturated rings. The summed E-state index contributed by atoms with van der Waals surface area (Å²) < 4.78 is 28.9. The summed E-state index contributed by atoms with van der Waals surface area (Å²) in [5.74, 6) is -0.400. The summed E-state index contributed by atoms with van der Waals surface area (Å²) in [7, 11) is 0. The maximum absolute atomic E-state index is 14.8. The number of benzene rings is 3. The summed E-state index contributed by atoms with van der Waals surface area (Å²) in [6, 6.07) is 16.8.